The van der Waals surface area contributed by atoms with Crippen LogP contribution in [0.15, 0.2) is 72.8 Å². The molecule has 0 amide bonds. The molecule has 0 fully saturated rings. The number of benzene rings is 3. The van der Waals surface area contributed by atoms with Crippen LogP contribution in [0.5, 0.6) is 17.2 Å². The molecule has 3 aromatic rings. The van der Waals surface area contributed by atoms with Crippen LogP contribution in [-0.4, -0.2) is 19.2 Å². The molecule has 4 nitrogen and oxygen atoms in total. The summed E-state index contributed by atoms with van der Waals surface area (Å²) in [5.41, 5.74) is 2.61. The number of ether oxygens (including phenoxy) is 3. The van der Waals surface area contributed by atoms with Crippen LogP contribution in [0.1, 0.15) is 125 Å². The average Bonchev–Trinajstić information content (AvgIpc) is 3.03. The van der Waals surface area contributed by atoms with Crippen LogP contribution in [0.3, 0.4) is 0 Å². The van der Waals surface area contributed by atoms with Crippen LogP contribution in [0, 0.1) is 0 Å². The van der Waals surface area contributed by atoms with Gasteiger partial charge >= 0.3 is 5.97 Å². The van der Waals surface area contributed by atoms with Gasteiger partial charge in [0.05, 0.1) is 18.8 Å². The number of carbonyl (C=O) groups excluding carboxylic acids is 1. The third-order valence-corrected chi connectivity index (χ3v) is 7.54. The van der Waals surface area contributed by atoms with Gasteiger partial charge in [-0.2, -0.15) is 0 Å². The van der Waals surface area contributed by atoms with E-state index in [1.165, 1.54) is 77.0 Å². The lowest BCUT2D eigenvalue weighted by Crippen LogP contribution is -2.08. The van der Waals surface area contributed by atoms with Crippen LogP contribution in [0.25, 0.3) is 12.2 Å². The van der Waals surface area contributed by atoms with Crippen molar-refractivity contribution >= 4 is 18.1 Å². The minimum Gasteiger partial charge on any atom is -0.494 e. The Morgan fingerprint density at radius 1 is 0.535 bits per heavy atom. The lowest BCUT2D eigenvalue weighted by Gasteiger charge is -2.08. The van der Waals surface area contributed by atoms with E-state index in [1.807, 2.05) is 54.6 Å². The van der Waals surface area contributed by atoms with Crippen molar-refractivity contribution in [2.24, 2.45) is 0 Å². The summed E-state index contributed by atoms with van der Waals surface area (Å²) in [6.07, 6.45) is 21.9. The molecule has 0 aromatic heterocycles. The van der Waals surface area contributed by atoms with Gasteiger partial charge in [-0.3, -0.25) is 0 Å². The van der Waals surface area contributed by atoms with E-state index in [9.17, 15) is 4.79 Å². The zero-order valence-electron chi connectivity index (χ0n) is 26.5. The zero-order chi connectivity index (χ0) is 30.4. The fourth-order valence-electron chi connectivity index (χ4n) is 4.90. The van der Waals surface area contributed by atoms with Crippen LogP contribution in [-0.2, 0) is 0 Å². The van der Waals surface area contributed by atoms with Gasteiger partial charge in [0, 0.05) is 0 Å². The molecule has 0 radical (unpaired) electrons. The van der Waals surface area contributed by atoms with E-state index < -0.39 is 0 Å². The number of hydrogen-bond acceptors (Lipinski definition) is 4. The van der Waals surface area contributed by atoms with Crippen LogP contribution in [0.4, 0.5) is 0 Å². The summed E-state index contributed by atoms with van der Waals surface area (Å²) in [4.78, 5) is 12.6. The smallest absolute Gasteiger partial charge is 0.343 e. The highest BCUT2D eigenvalue weighted by Crippen LogP contribution is 2.20. The highest BCUT2D eigenvalue weighted by atomic mass is 16.5. The van der Waals surface area contributed by atoms with Crippen LogP contribution >= 0.6 is 0 Å². The molecule has 232 valence electrons. The molecule has 0 saturated heterocycles. The van der Waals surface area contributed by atoms with Gasteiger partial charge in [0.25, 0.3) is 0 Å². The van der Waals surface area contributed by atoms with Crippen molar-refractivity contribution in [2.75, 3.05) is 13.2 Å². The van der Waals surface area contributed by atoms with Crippen LogP contribution < -0.4 is 14.2 Å². The van der Waals surface area contributed by atoms with E-state index in [2.05, 4.69) is 32.1 Å². The monoisotopic (exact) mass is 584 g/mol. The maximum absolute atomic E-state index is 12.6. The average molecular weight is 585 g/mol. The van der Waals surface area contributed by atoms with Gasteiger partial charge in [0.2, 0.25) is 0 Å². The molecule has 43 heavy (non-hydrogen) atoms. The maximum Gasteiger partial charge on any atom is 0.343 e. The Morgan fingerprint density at radius 2 is 1.05 bits per heavy atom. The number of carbonyl (C=O) groups is 1. The topological polar surface area (TPSA) is 44.8 Å². The van der Waals surface area contributed by atoms with Crippen LogP contribution in [0.2, 0.25) is 0 Å². The molecule has 4 heteroatoms. The normalized spacial score (nSPS) is 11.1. The number of rotatable bonds is 22. The van der Waals surface area contributed by atoms with Gasteiger partial charge < -0.3 is 14.2 Å². The molecule has 0 aliphatic carbocycles. The summed E-state index contributed by atoms with van der Waals surface area (Å²) in [5.74, 6) is 1.82. The van der Waals surface area contributed by atoms with Crippen molar-refractivity contribution in [2.45, 2.75) is 104 Å². The first-order valence-electron chi connectivity index (χ1n) is 16.6. The largest absolute Gasteiger partial charge is 0.494 e. The fraction of sp³-hybridized carbons (Fsp3) is 0.462. The molecule has 0 bridgehead atoms. The molecule has 0 aliphatic heterocycles. The van der Waals surface area contributed by atoms with E-state index in [4.69, 9.17) is 14.2 Å². The Kier molecular flexibility index (Phi) is 16.7. The van der Waals surface area contributed by atoms with Gasteiger partial charge in [-0.1, -0.05) is 127 Å². The van der Waals surface area contributed by atoms with Crippen molar-refractivity contribution in [3.05, 3.63) is 89.5 Å². The van der Waals surface area contributed by atoms with Gasteiger partial charge in [0.15, 0.2) is 0 Å². The molecular weight excluding hydrogens is 532 g/mol. The summed E-state index contributed by atoms with van der Waals surface area (Å²) < 4.78 is 17.4. The predicted molar refractivity (Wildman–Crippen MR) is 180 cm³/mol. The van der Waals surface area contributed by atoms with Gasteiger partial charge in [-0.15, -0.1) is 0 Å². The van der Waals surface area contributed by atoms with Crippen molar-refractivity contribution in [3.63, 3.8) is 0 Å². The minimum absolute atomic E-state index is 0.379. The SMILES string of the molecule is CCCCCCCCCCCCOc1ccc(C(=O)Oc2ccc(/C=C/c3cccc(OCCCCCC)c3)cc2)cc1. The Morgan fingerprint density at radius 3 is 1.67 bits per heavy atom. The lowest BCUT2D eigenvalue weighted by molar-refractivity contribution is 0.0734. The molecular formula is C39H52O4. The Labute approximate surface area is 260 Å². The summed E-state index contributed by atoms with van der Waals surface area (Å²) >= 11 is 0. The second-order valence-corrected chi connectivity index (χ2v) is 11.3. The molecule has 0 atom stereocenters. The van der Waals surface area contributed by atoms with Crippen molar-refractivity contribution in [1.82, 2.24) is 0 Å². The van der Waals surface area contributed by atoms with E-state index in [-0.39, 0.29) is 5.97 Å². The third-order valence-electron chi connectivity index (χ3n) is 7.54. The molecule has 0 spiro atoms. The van der Waals surface area contributed by atoms with Gasteiger partial charge in [-0.25, -0.2) is 4.79 Å². The first-order valence-corrected chi connectivity index (χ1v) is 16.6. The first kappa shape index (κ1) is 34.0. The van der Waals surface area contributed by atoms with Crippen molar-refractivity contribution < 1.29 is 19.0 Å². The second kappa shape index (κ2) is 21.2. The van der Waals surface area contributed by atoms with E-state index in [0.29, 0.717) is 17.9 Å². The predicted octanol–water partition coefficient (Wildman–Crippen LogP) is 11.3. The highest BCUT2D eigenvalue weighted by Gasteiger charge is 2.09. The third kappa shape index (κ3) is 14.5. The lowest BCUT2D eigenvalue weighted by atomic mass is 10.1. The van der Waals surface area contributed by atoms with E-state index in [0.717, 1.165) is 42.1 Å². The maximum atomic E-state index is 12.6. The molecule has 0 N–H and O–H groups in total. The Hall–Kier alpha value is -3.53. The molecule has 0 saturated carbocycles. The Bertz CT molecular complexity index is 1180. The zero-order valence-corrected chi connectivity index (χ0v) is 26.5. The quantitative estimate of drug-likeness (QED) is 0.0510. The summed E-state index contributed by atoms with van der Waals surface area (Å²) in [6.45, 7) is 5.94. The molecule has 3 aromatic carbocycles. The Balaban J connectivity index is 1.34. The highest BCUT2D eigenvalue weighted by molar-refractivity contribution is 5.91. The second-order valence-electron chi connectivity index (χ2n) is 11.3. The number of hydrogen-bond donors (Lipinski definition) is 0. The fourth-order valence-corrected chi connectivity index (χ4v) is 4.90. The molecule has 3 rings (SSSR count). The first-order chi connectivity index (χ1) is 21.2. The molecule has 0 heterocycles. The minimum atomic E-state index is -0.379. The number of esters is 1. The molecule has 0 unspecified atom stereocenters. The summed E-state index contributed by atoms with van der Waals surface area (Å²) in [7, 11) is 0. The van der Waals surface area contributed by atoms with Gasteiger partial charge in [-0.05, 0) is 72.5 Å². The number of unbranched alkanes of at least 4 members (excludes halogenated alkanes) is 12. The van der Waals surface area contributed by atoms with E-state index in [1.54, 1.807) is 12.1 Å². The molecule has 0 aliphatic rings. The summed E-state index contributed by atoms with van der Waals surface area (Å²) in [6, 6.07) is 22.9. The van der Waals surface area contributed by atoms with Crippen molar-refractivity contribution in [1.29, 1.82) is 0 Å². The van der Waals surface area contributed by atoms with Crippen molar-refractivity contribution in [3.8, 4) is 17.2 Å². The van der Waals surface area contributed by atoms with Gasteiger partial charge in [0.1, 0.15) is 17.2 Å². The summed E-state index contributed by atoms with van der Waals surface area (Å²) in [5, 5.41) is 0. The standard InChI is InChI=1S/C39H52O4/c1-3-5-7-9-10-11-12-13-14-16-30-41-36-28-24-35(25-29-36)39(40)43-37-26-22-33(23-27-37)20-21-34-18-17-19-38(32-34)42-31-15-8-6-4-2/h17-29,32H,3-16,30-31H2,1-2H3/b21-20+. The van der Waals surface area contributed by atoms with E-state index >= 15 is 0 Å².